The normalized spacial score (nSPS) is 18.8. The monoisotopic (exact) mass is 533 g/mol. The largest absolute Gasteiger partial charge is 0.461 e. The number of carbonyl (C=O) groups is 1. The number of esters is 1. The van der Waals surface area contributed by atoms with Gasteiger partial charge in [0.15, 0.2) is 17.2 Å². The highest BCUT2D eigenvalue weighted by molar-refractivity contribution is 7.99. The SMILES string of the molecule is CCOC(=O)c1nc(Sc2cccnc2C(F)(F)F)c(C)nc1N1CCC2(CC1)Cn1nccc1[C@H]2N. The Morgan fingerprint density at radius 3 is 2.68 bits per heavy atom. The fourth-order valence-corrected chi connectivity index (χ4v) is 5.97. The van der Waals surface area contributed by atoms with Crippen molar-refractivity contribution in [3.8, 4) is 0 Å². The third-order valence-corrected chi connectivity index (χ3v) is 8.10. The zero-order valence-corrected chi connectivity index (χ0v) is 21.1. The average Bonchev–Trinajstić information content (AvgIpc) is 3.41. The van der Waals surface area contributed by atoms with Crippen LogP contribution in [0.4, 0.5) is 19.0 Å². The number of anilines is 1. The van der Waals surface area contributed by atoms with Gasteiger partial charge in [0, 0.05) is 42.3 Å². The van der Waals surface area contributed by atoms with Gasteiger partial charge in [0.1, 0.15) is 5.03 Å². The number of hydrogen-bond acceptors (Lipinski definition) is 9. The lowest BCUT2D eigenvalue weighted by Gasteiger charge is -2.42. The summed E-state index contributed by atoms with van der Waals surface area (Å²) < 4.78 is 47.6. The van der Waals surface area contributed by atoms with Crippen LogP contribution in [0.3, 0.4) is 0 Å². The van der Waals surface area contributed by atoms with Gasteiger partial charge in [-0.1, -0.05) is 11.8 Å². The lowest BCUT2D eigenvalue weighted by molar-refractivity contribution is -0.143. The maximum absolute atomic E-state index is 13.5. The first-order chi connectivity index (χ1) is 17.6. The van der Waals surface area contributed by atoms with E-state index in [-0.39, 0.29) is 33.7 Å². The van der Waals surface area contributed by atoms with Crippen LogP contribution in [-0.2, 0) is 17.5 Å². The molecule has 2 aliphatic rings. The van der Waals surface area contributed by atoms with Crippen molar-refractivity contribution in [3.05, 3.63) is 53.4 Å². The molecule has 1 atom stereocenters. The first-order valence-corrected chi connectivity index (χ1v) is 12.7. The van der Waals surface area contributed by atoms with E-state index >= 15 is 0 Å². The number of nitrogens with two attached hydrogens (primary N) is 1. The third kappa shape index (κ3) is 4.65. The molecular formula is C24H26F3N7O2S. The van der Waals surface area contributed by atoms with Crippen LogP contribution in [0.5, 0.6) is 0 Å². The summed E-state index contributed by atoms with van der Waals surface area (Å²) in [5, 5.41) is 4.55. The lowest BCUT2D eigenvalue weighted by atomic mass is 9.73. The summed E-state index contributed by atoms with van der Waals surface area (Å²) in [6.45, 7) is 5.38. The summed E-state index contributed by atoms with van der Waals surface area (Å²) >= 11 is 0.774. The Morgan fingerprint density at radius 2 is 2.00 bits per heavy atom. The second-order valence-corrected chi connectivity index (χ2v) is 10.2. The van der Waals surface area contributed by atoms with Crippen LogP contribution in [0.1, 0.15) is 53.4 Å². The first-order valence-electron chi connectivity index (χ1n) is 11.9. The van der Waals surface area contributed by atoms with Gasteiger partial charge in [-0.3, -0.25) is 9.67 Å². The van der Waals surface area contributed by atoms with Crippen molar-refractivity contribution < 1.29 is 22.7 Å². The van der Waals surface area contributed by atoms with Crippen LogP contribution in [0.15, 0.2) is 40.5 Å². The molecule has 0 unspecified atom stereocenters. The number of aryl methyl sites for hydroxylation is 1. The second-order valence-electron chi connectivity index (χ2n) is 9.20. The molecule has 9 nitrogen and oxygen atoms in total. The van der Waals surface area contributed by atoms with E-state index in [1.165, 1.54) is 12.1 Å². The molecule has 2 aliphatic heterocycles. The van der Waals surface area contributed by atoms with Crippen molar-refractivity contribution in [2.24, 2.45) is 11.1 Å². The maximum Gasteiger partial charge on any atom is 0.434 e. The summed E-state index contributed by atoms with van der Waals surface area (Å²) in [7, 11) is 0. The quantitative estimate of drug-likeness (QED) is 0.486. The van der Waals surface area contributed by atoms with Crippen molar-refractivity contribution in [3.63, 3.8) is 0 Å². The molecule has 13 heteroatoms. The van der Waals surface area contributed by atoms with Crippen LogP contribution in [0, 0.1) is 12.3 Å². The van der Waals surface area contributed by atoms with Crippen LogP contribution in [-0.4, -0.2) is 50.4 Å². The Balaban J connectivity index is 1.44. The highest BCUT2D eigenvalue weighted by Crippen LogP contribution is 2.48. The number of aromatic nitrogens is 5. The Bertz CT molecular complexity index is 1320. The van der Waals surface area contributed by atoms with Crippen molar-refractivity contribution >= 4 is 23.5 Å². The molecule has 0 radical (unpaired) electrons. The first kappa shape index (κ1) is 25.5. The summed E-state index contributed by atoms with van der Waals surface area (Å²) in [5.41, 5.74) is 6.85. The molecule has 0 saturated carbocycles. The highest BCUT2D eigenvalue weighted by atomic mass is 32.2. The molecule has 1 fully saturated rings. The number of rotatable bonds is 5. The predicted molar refractivity (Wildman–Crippen MR) is 129 cm³/mol. The Labute approximate surface area is 215 Å². The average molecular weight is 534 g/mol. The fraction of sp³-hybridized carbons (Fsp3) is 0.458. The highest BCUT2D eigenvalue weighted by Gasteiger charge is 2.47. The van der Waals surface area contributed by atoms with Gasteiger partial charge in [-0.15, -0.1) is 0 Å². The van der Waals surface area contributed by atoms with Gasteiger partial charge < -0.3 is 15.4 Å². The van der Waals surface area contributed by atoms with Gasteiger partial charge in [0.2, 0.25) is 0 Å². The molecule has 3 aromatic rings. The van der Waals surface area contributed by atoms with Crippen molar-refractivity contribution in [2.75, 3.05) is 24.6 Å². The zero-order chi connectivity index (χ0) is 26.4. The van der Waals surface area contributed by atoms with Gasteiger partial charge in [0.05, 0.1) is 24.0 Å². The summed E-state index contributed by atoms with van der Waals surface area (Å²) in [6.07, 6.45) is -0.256. The Hall–Kier alpha value is -3.19. The number of hydrogen-bond donors (Lipinski definition) is 1. The lowest BCUT2D eigenvalue weighted by Crippen LogP contribution is -2.45. The minimum atomic E-state index is -4.63. The summed E-state index contributed by atoms with van der Waals surface area (Å²) in [4.78, 5) is 27.3. The topological polar surface area (TPSA) is 112 Å². The molecule has 0 aliphatic carbocycles. The Kier molecular flexibility index (Phi) is 6.61. The van der Waals surface area contributed by atoms with Gasteiger partial charge in [-0.05, 0) is 44.9 Å². The number of fused-ring (bicyclic) bond motifs is 1. The molecule has 196 valence electrons. The summed E-state index contributed by atoms with van der Waals surface area (Å²) in [6, 6.07) is 4.56. The molecule has 0 amide bonds. The van der Waals surface area contributed by atoms with Crippen LogP contribution < -0.4 is 10.6 Å². The van der Waals surface area contributed by atoms with E-state index < -0.39 is 17.8 Å². The molecule has 5 rings (SSSR count). The number of nitrogens with zero attached hydrogens (tertiary/aromatic N) is 6. The molecule has 2 N–H and O–H groups in total. The van der Waals surface area contributed by atoms with Gasteiger partial charge in [-0.25, -0.2) is 14.8 Å². The van der Waals surface area contributed by atoms with E-state index in [2.05, 4.69) is 20.1 Å². The second kappa shape index (κ2) is 9.60. The van der Waals surface area contributed by atoms with Crippen molar-refractivity contribution in [2.45, 2.75) is 55.4 Å². The van der Waals surface area contributed by atoms with E-state index in [0.717, 1.165) is 43.0 Å². The van der Waals surface area contributed by atoms with Crippen molar-refractivity contribution in [1.82, 2.24) is 24.7 Å². The number of carbonyl (C=O) groups excluding carboxylic acids is 1. The molecule has 37 heavy (non-hydrogen) atoms. The number of halogens is 3. The molecule has 3 aromatic heterocycles. The molecule has 5 heterocycles. The molecular weight excluding hydrogens is 507 g/mol. The van der Waals surface area contributed by atoms with E-state index in [0.29, 0.717) is 24.6 Å². The van der Waals surface area contributed by atoms with E-state index in [4.69, 9.17) is 10.5 Å². The van der Waals surface area contributed by atoms with Gasteiger partial charge in [0.25, 0.3) is 0 Å². The van der Waals surface area contributed by atoms with Crippen LogP contribution in [0.2, 0.25) is 0 Å². The molecule has 1 saturated heterocycles. The van der Waals surface area contributed by atoms with E-state index in [9.17, 15) is 18.0 Å². The minimum absolute atomic E-state index is 0.0213. The van der Waals surface area contributed by atoms with Gasteiger partial charge >= 0.3 is 12.1 Å². The summed E-state index contributed by atoms with van der Waals surface area (Å²) in [5.74, 6) is -0.311. The van der Waals surface area contributed by atoms with Gasteiger partial charge in [-0.2, -0.15) is 18.3 Å². The number of pyridine rings is 1. The number of ether oxygens (including phenoxy) is 1. The molecule has 0 bridgehead atoms. The van der Waals surface area contributed by atoms with Crippen LogP contribution >= 0.6 is 11.8 Å². The number of alkyl halides is 3. The van der Waals surface area contributed by atoms with E-state index in [1.807, 2.05) is 15.6 Å². The smallest absolute Gasteiger partial charge is 0.434 e. The van der Waals surface area contributed by atoms with Crippen molar-refractivity contribution in [1.29, 1.82) is 0 Å². The third-order valence-electron chi connectivity index (χ3n) is 6.97. The Morgan fingerprint density at radius 1 is 1.24 bits per heavy atom. The maximum atomic E-state index is 13.5. The predicted octanol–water partition coefficient (Wildman–Crippen LogP) is 4.02. The fourth-order valence-electron chi connectivity index (χ4n) is 5.02. The van der Waals surface area contributed by atoms with Crippen LogP contribution in [0.25, 0.3) is 0 Å². The standard InChI is InChI=1S/C24H26F3N7O2S/c1-3-36-22(35)17-20(33-11-7-23(8-12-33)13-34-15(18(23)28)6-10-30-34)31-14(2)21(32-17)37-16-5-4-9-29-19(16)24(25,26)27/h4-6,9-10,18H,3,7-8,11-13,28H2,1-2H3/t18-/m1/s1. The molecule has 0 aromatic carbocycles. The van der Waals surface area contributed by atoms with E-state index in [1.54, 1.807) is 20.0 Å². The number of piperidine rings is 1. The molecule has 1 spiro atoms. The zero-order valence-electron chi connectivity index (χ0n) is 20.3. The minimum Gasteiger partial charge on any atom is -0.461 e.